The van der Waals surface area contributed by atoms with Gasteiger partial charge in [-0.3, -0.25) is 9.00 Å². The Bertz CT molecular complexity index is 235. The van der Waals surface area contributed by atoms with Crippen molar-refractivity contribution in [1.29, 1.82) is 0 Å². The van der Waals surface area contributed by atoms with Gasteiger partial charge < -0.3 is 4.90 Å². The number of amides is 1. The van der Waals surface area contributed by atoms with Crippen LogP contribution in [0.1, 0.15) is 6.92 Å². The SMILES string of the molecule is CC1CS(=O)CCN1C(=O)C(F)F. The fourth-order valence-corrected chi connectivity index (χ4v) is 2.60. The van der Waals surface area contributed by atoms with Crippen LogP contribution in [-0.4, -0.2) is 45.5 Å². The molecule has 1 aliphatic rings. The molecule has 1 rings (SSSR count). The molecule has 0 aromatic carbocycles. The van der Waals surface area contributed by atoms with Crippen LogP contribution in [0.2, 0.25) is 0 Å². The van der Waals surface area contributed by atoms with Crippen molar-refractivity contribution < 1.29 is 17.8 Å². The maximum Gasteiger partial charge on any atom is 0.315 e. The van der Waals surface area contributed by atoms with E-state index in [1.807, 2.05) is 0 Å². The fraction of sp³-hybridized carbons (Fsp3) is 0.857. The number of nitrogens with zero attached hydrogens (tertiary/aromatic N) is 1. The summed E-state index contributed by atoms with van der Waals surface area (Å²) in [6.07, 6.45) is -2.95. The van der Waals surface area contributed by atoms with Crippen LogP contribution in [0.3, 0.4) is 0 Å². The summed E-state index contributed by atoms with van der Waals surface area (Å²) in [5, 5.41) is 0. The molecule has 6 heteroatoms. The minimum Gasteiger partial charge on any atom is -0.333 e. The van der Waals surface area contributed by atoms with Crippen LogP contribution in [0.5, 0.6) is 0 Å². The van der Waals surface area contributed by atoms with Gasteiger partial charge in [-0.05, 0) is 6.92 Å². The second-order valence-corrected chi connectivity index (χ2v) is 4.61. The van der Waals surface area contributed by atoms with Crippen LogP contribution in [0.25, 0.3) is 0 Å². The number of hydrogen-bond acceptors (Lipinski definition) is 2. The number of carbonyl (C=O) groups excluding carboxylic acids is 1. The average molecular weight is 211 g/mol. The van der Waals surface area contributed by atoms with Gasteiger partial charge in [-0.1, -0.05) is 0 Å². The van der Waals surface area contributed by atoms with E-state index in [-0.39, 0.29) is 12.6 Å². The summed E-state index contributed by atoms with van der Waals surface area (Å²) in [6, 6.07) is -0.337. The average Bonchev–Trinajstić information content (AvgIpc) is 2.03. The molecular formula is C7H11F2NO2S. The normalized spacial score (nSPS) is 29.4. The molecule has 0 spiro atoms. The zero-order chi connectivity index (χ0) is 10.0. The van der Waals surface area contributed by atoms with E-state index >= 15 is 0 Å². The van der Waals surface area contributed by atoms with Crippen LogP contribution in [-0.2, 0) is 15.6 Å². The summed E-state index contributed by atoms with van der Waals surface area (Å²) >= 11 is 0. The monoisotopic (exact) mass is 211 g/mol. The van der Waals surface area contributed by atoms with Gasteiger partial charge >= 0.3 is 6.43 Å². The lowest BCUT2D eigenvalue weighted by Crippen LogP contribution is -2.50. The van der Waals surface area contributed by atoms with E-state index in [0.717, 1.165) is 4.90 Å². The molecule has 3 nitrogen and oxygen atoms in total. The van der Waals surface area contributed by atoms with Crippen molar-refractivity contribution in [2.24, 2.45) is 0 Å². The topological polar surface area (TPSA) is 37.4 Å². The van der Waals surface area contributed by atoms with Crippen LogP contribution in [0.4, 0.5) is 8.78 Å². The van der Waals surface area contributed by atoms with Crippen molar-refractivity contribution in [3.63, 3.8) is 0 Å². The maximum atomic E-state index is 12.0. The third-order valence-corrected chi connectivity index (χ3v) is 3.48. The van der Waals surface area contributed by atoms with Gasteiger partial charge in [0.2, 0.25) is 0 Å². The van der Waals surface area contributed by atoms with E-state index in [1.54, 1.807) is 6.92 Å². The van der Waals surface area contributed by atoms with Crippen LogP contribution < -0.4 is 0 Å². The number of rotatable bonds is 1. The fourth-order valence-electron chi connectivity index (χ4n) is 1.32. The van der Waals surface area contributed by atoms with Crippen molar-refractivity contribution >= 4 is 16.7 Å². The van der Waals surface area contributed by atoms with E-state index in [4.69, 9.17) is 0 Å². The molecule has 0 aromatic rings. The van der Waals surface area contributed by atoms with Gasteiger partial charge in [-0.2, -0.15) is 8.78 Å². The van der Waals surface area contributed by atoms with Gasteiger partial charge in [0.25, 0.3) is 5.91 Å². The first kappa shape index (κ1) is 10.6. The van der Waals surface area contributed by atoms with Crippen molar-refractivity contribution in [2.45, 2.75) is 19.4 Å². The third kappa shape index (κ3) is 2.46. The highest BCUT2D eigenvalue weighted by atomic mass is 32.2. The first-order valence-corrected chi connectivity index (χ1v) is 5.44. The molecule has 0 aliphatic carbocycles. The largest absolute Gasteiger partial charge is 0.333 e. The zero-order valence-corrected chi connectivity index (χ0v) is 8.02. The summed E-state index contributed by atoms with van der Waals surface area (Å²) in [5.41, 5.74) is 0. The van der Waals surface area contributed by atoms with Gasteiger partial charge in [0.15, 0.2) is 0 Å². The molecule has 1 saturated heterocycles. The van der Waals surface area contributed by atoms with Crippen molar-refractivity contribution in [3.8, 4) is 0 Å². The van der Waals surface area contributed by atoms with Crippen molar-refractivity contribution in [1.82, 2.24) is 4.90 Å². The van der Waals surface area contributed by atoms with Crippen molar-refractivity contribution in [3.05, 3.63) is 0 Å². The molecule has 1 aliphatic heterocycles. The molecule has 2 atom stereocenters. The predicted molar refractivity (Wildman–Crippen MR) is 45.1 cm³/mol. The Balaban J connectivity index is 2.61. The molecular weight excluding hydrogens is 200 g/mol. The summed E-state index contributed by atoms with van der Waals surface area (Å²) in [4.78, 5) is 12.0. The van der Waals surface area contributed by atoms with Crippen LogP contribution >= 0.6 is 0 Å². The Hall–Kier alpha value is -0.520. The molecule has 1 heterocycles. The highest BCUT2D eigenvalue weighted by Gasteiger charge is 2.31. The molecule has 1 fully saturated rings. The Morgan fingerprint density at radius 2 is 2.23 bits per heavy atom. The predicted octanol–water partition coefficient (Wildman–Crippen LogP) is 0.231. The summed E-state index contributed by atoms with van der Waals surface area (Å²) in [6.45, 7) is 1.81. The molecule has 13 heavy (non-hydrogen) atoms. The maximum absolute atomic E-state index is 12.0. The number of hydrogen-bond donors (Lipinski definition) is 0. The highest BCUT2D eigenvalue weighted by molar-refractivity contribution is 7.85. The van der Waals surface area contributed by atoms with E-state index < -0.39 is 23.1 Å². The molecule has 0 aromatic heterocycles. The molecule has 0 saturated carbocycles. The Kier molecular flexibility index (Phi) is 3.35. The third-order valence-electron chi connectivity index (χ3n) is 1.99. The zero-order valence-electron chi connectivity index (χ0n) is 7.20. The lowest BCUT2D eigenvalue weighted by Gasteiger charge is -2.32. The smallest absolute Gasteiger partial charge is 0.315 e. The molecule has 76 valence electrons. The van der Waals surface area contributed by atoms with E-state index in [1.165, 1.54) is 0 Å². The number of halogens is 2. The lowest BCUT2D eigenvalue weighted by molar-refractivity contribution is -0.144. The summed E-state index contributed by atoms with van der Waals surface area (Å²) < 4.78 is 35.0. The van der Waals surface area contributed by atoms with Gasteiger partial charge in [0, 0.05) is 34.9 Å². The van der Waals surface area contributed by atoms with Gasteiger partial charge in [0.05, 0.1) is 0 Å². The number of carbonyl (C=O) groups is 1. The molecule has 1 amide bonds. The molecule has 0 radical (unpaired) electrons. The Morgan fingerprint density at radius 3 is 2.69 bits per heavy atom. The second-order valence-electron chi connectivity index (χ2n) is 2.99. The highest BCUT2D eigenvalue weighted by Crippen LogP contribution is 2.11. The molecule has 0 N–H and O–H groups in total. The van der Waals surface area contributed by atoms with E-state index in [9.17, 15) is 17.8 Å². The first-order valence-electron chi connectivity index (χ1n) is 3.96. The van der Waals surface area contributed by atoms with Gasteiger partial charge in [0.1, 0.15) is 0 Å². The van der Waals surface area contributed by atoms with Crippen molar-refractivity contribution in [2.75, 3.05) is 18.1 Å². The van der Waals surface area contributed by atoms with E-state index in [0.29, 0.717) is 11.5 Å². The minimum absolute atomic E-state index is 0.178. The van der Waals surface area contributed by atoms with Crippen LogP contribution in [0.15, 0.2) is 0 Å². The Labute approximate surface area is 77.5 Å². The summed E-state index contributed by atoms with van der Waals surface area (Å²) in [5.74, 6) is -0.537. The second kappa shape index (κ2) is 4.13. The van der Waals surface area contributed by atoms with Gasteiger partial charge in [-0.25, -0.2) is 0 Å². The van der Waals surface area contributed by atoms with Gasteiger partial charge in [-0.15, -0.1) is 0 Å². The summed E-state index contributed by atoms with van der Waals surface area (Å²) in [7, 11) is -0.960. The number of alkyl halides is 2. The molecule has 0 bridgehead atoms. The first-order chi connectivity index (χ1) is 6.02. The minimum atomic E-state index is -2.95. The quantitative estimate of drug-likeness (QED) is 0.622. The molecule has 2 unspecified atom stereocenters. The Morgan fingerprint density at radius 1 is 1.62 bits per heavy atom. The van der Waals surface area contributed by atoms with E-state index in [2.05, 4.69) is 0 Å². The van der Waals surface area contributed by atoms with Crippen LogP contribution in [0, 0.1) is 0 Å². The standard InChI is InChI=1S/C7H11F2NO2S/c1-5-4-13(12)3-2-10(5)7(11)6(8)9/h5-6H,2-4H2,1H3. The lowest BCUT2D eigenvalue weighted by atomic mass is 10.3.